The van der Waals surface area contributed by atoms with Gasteiger partial charge in [-0.3, -0.25) is 19.1 Å². The molecule has 0 unspecified atom stereocenters. The monoisotopic (exact) mass is 539 g/mol. The Balaban J connectivity index is 1.48. The molecule has 0 radical (unpaired) electrons. The fraction of sp³-hybridized carbons (Fsp3) is 0.0938. The topological polar surface area (TPSA) is 120 Å². The van der Waals surface area contributed by atoms with Crippen LogP contribution in [-0.2, 0) is 0 Å². The lowest BCUT2D eigenvalue weighted by Gasteiger charge is -2.21. The summed E-state index contributed by atoms with van der Waals surface area (Å²) in [7, 11) is 0. The summed E-state index contributed by atoms with van der Waals surface area (Å²) in [5.74, 6) is 5.90. The summed E-state index contributed by atoms with van der Waals surface area (Å²) >= 11 is 0. The fourth-order valence-electron chi connectivity index (χ4n) is 4.82. The Labute approximate surface area is 235 Å². The minimum absolute atomic E-state index is 0.0733. The number of nitrogen functional groups attached to an aromatic ring is 1. The third-order valence-electron chi connectivity index (χ3n) is 6.76. The van der Waals surface area contributed by atoms with Crippen LogP contribution in [-0.4, -0.2) is 30.1 Å². The number of pyridine rings is 2. The number of anilines is 1. The molecule has 1 amide bonds. The number of rotatable bonds is 4. The van der Waals surface area contributed by atoms with Crippen LogP contribution in [0.15, 0.2) is 96.1 Å². The molecule has 0 saturated heterocycles. The second kappa shape index (κ2) is 10.4. The van der Waals surface area contributed by atoms with Crippen molar-refractivity contribution >= 4 is 28.1 Å². The van der Waals surface area contributed by atoms with Crippen molar-refractivity contribution < 1.29 is 4.79 Å². The minimum atomic E-state index is -0.582. The molecule has 9 nitrogen and oxygen atoms in total. The van der Waals surface area contributed by atoms with Crippen LogP contribution >= 0.6 is 0 Å². The van der Waals surface area contributed by atoms with Crippen LogP contribution in [0.25, 0.3) is 22.1 Å². The van der Waals surface area contributed by atoms with E-state index in [1.807, 2.05) is 80.6 Å². The highest BCUT2D eigenvalue weighted by molar-refractivity contribution is 5.98. The van der Waals surface area contributed by atoms with Gasteiger partial charge in [0, 0.05) is 34.9 Å². The number of para-hydroxylation sites is 1. The first-order chi connectivity index (χ1) is 19.9. The van der Waals surface area contributed by atoms with Crippen molar-refractivity contribution in [2.45, 2.75) is 19.9 Å². The van der Waals surface area contributed by atoms with E-state index < -0.39 is 11.9 Å². The van der Waals surface area contributed by atoms with E-state index in [0.717, 1.165) is 5.56 Å². The largest absolute Gasteiger partial charge is 0.382 e. The van der Waals surface area contributed by atoms with Gasteiger partial charge in [-0.25, -0.2) is 9.50 Å². The summed E-state index contributed by atoms with van der Waals surface area (Å²) in [6.07, 6.45) is 3.35. The average molecular weight is 540 g/mol. The Morgan fingerprint density at radius 3 is 2.54 bits per heavy atom. The molecule has 2 aromatic carbocycles. The normalized spacial score (nSPS) is 11.7. The van der Waals surface area contributed by atoms with E-state index in [4.69, 9.17) is 5.73 Å². The molecule has 6 rings (SSSR count). The van der Waals surface area contributed by atoms with Gasteiger partial charge in [0.05, 0.1) is 17.1 Å². The number of hydrogen-bond donors (Lipinski definition) is 2. The van der Waals surface area contributed by atoms with E-state index >= 15 is 0 Å². The summed E-state index contributed by atoms with van der Waals surface area (Å²) < 4.78 is 3.05. The zero-order valence-corrected chi connectivity index (χ0v) is 22.4. The second-order valence-electron chi connectivity index (χ2n) is 9.59. The smallest absolute Gasteiger partial charge is 0.274 e. The summed E-state index contributed by atoms with van der Waals surface area (Å²) in [6, 6.07) is 23.4. The van der Waals surface area contributed by atoms with Crippen LogP contribution in [0.3, 0.4) is 0 Å². The first-order valence-corrected chi connectivity index (χ1v) is 13.0. The van der Waals surface area contributed by atoms with Crippen LogP contribution in [0.4, 0.5) is 5.82 Å². The molecular formula is C32H25N7O2. The van der Waals surface area contributed by atoms with Crippen molar-refractivity contribution in [3.63, 3.8) is 0 Å². The van der Waals surface area contributed by atoms with Crippen molar-refractivity contribution in [3.05, 3.63) is 130 Å². The van der Waals surface area contributed by atoms with Crippen molar-refractivity contribution in [1.29, 1.82) is 0 Å². The molecule has 0 spiro atoms. The number of aryl methyl sites for hydroxylation is 1. The number of benzene rings is 2. The summed E-state index contributed by atoms with van der Waals surface area (Å²) in [6.45, 7) is 3.65. The molecule has 200 valence electrons. The third kappa shape index (κ3) is 4.79. The molecule has 4 heterocycles. The molecule has 0 bridgehead atoms. The fourth-order valence-corrected chi connectivity index (χ4v) is 4.82. The second-order valence-corrected chi connectivity index (χ2v) is 9.59. The maximum Gasteiger partial charge on any atom is 0.274 e. The Morgan fingerprint density at radius 2 is 1.76 bits per heavy atom. The molecule has 0 aliphatic rings. The number of nitrogens with zero attached hydrogens (tertiary/aromatic N) is 5. The van der Waals surface area contributed by atoms with E-state index in [-0.39, 0.29) is 17.1 Å². The summed E-state index contributed by atoms with van der Waals surface area (Å²) in [5.41, 5.74) is 9.87. The van der Waals surface area contributed by atoms with Crippen molar-refractivity contribution in [2.24, 2.45) is 0 Å². The Morgan fingerprint density at radius 1 is 0.976 bits per heavy atom. The van der Waals surface area contributed by atoms with Crippen LogP contribution in [0.1, 0.15) is 46.0 Å². The number of hydrogen-bond acceptors (Lipinski definition) is 6. The number of nitrogens with two attached hydrogens (primary N) is 1. The van der Waals surface area contributed by atoms with E-state index in [0.29, 0.717) is 39.1 Å². The summed E-state index contributed by atoms with van der Waals surface area (Å²) in [4.78, 5) is 36.0. The quantitative estimate of drug-likeness (QED) is 0.324. The number of carbonyl (C=O) groups is 1. The molecule has 0 fully saturated rings. The first kappa shape index (κ1) is 25.5. The molecule has 0 aliphatic heterocycles. The van der Waals surface area contributed by atoms with Crippen molar-refractivity contribution in [1.82, 2.24) is 29.5 Å². The predicted molar refractivity (Wildman–Crippen MR) is 158 cm³/mol. The molecule has 0 saturated carbocycles. The Hall–Kier alpha value is -5.75. The molecule has 4 aromatic heterocycles. The van der Waals surface area contributed by atoms with Gasteiger partial charge in [-0.05, 0) is 67.8 Å². The molecule has 3 N–H and O–H groups in total. The van der Waals surface area contributed by atoms with Gasteiger partial charge in [0.2, 0.25) is 0 Å². The lowest BCUT2D eigenvalue weighted by Crippen LogP contribution is -2.33. The van der Waals surface area contributed by atoms with Gasteiger partial charge in [-0.15, -0.1) is 0 Å². The zero-order valence-electron chi connectivity index (χ0n) is 22.4. The highest BCUT2D eigenvalue weighted by Gasteiger charge is 2.23. The third-order valence-corrected chi connectivity index (χ3v) is 6.76. The highest BCUT2D eigenvalue weighted by Crippen LogP contribution is 2.24. The van der Waals surface area contributed by atoms with Gasteiger partial charge < -0.3 is 11.1 Å². The number of nitrogens with one attached hydrogen (secondary N) is 1. The van der Waals surface area contributed by atoms with Gasteiger partial charge in [-0.1, -0.05) is 42.2 Å². The van der Waals surface area contributed by atoms with Gasteiger partial charge >= 0.3 is 0 Å². The van der Waals surface area contributed by atoms with Crippen LogP contribution in [0.5, 0.6) is 0 Å². The van der Waals surface area contributed by atoms with Crippen LogP contribution in [0, 0.1) is 18.8 Å². The molecule has 41 heavy (non-hydrogen) atoms. The van der Waals surface area contributed by atoms with E-state index in [9.17, 15) is 9.59 Å². The van der Waals surface area contributed by atoms with E-state index in [1.165, 1.54) is 4.52 Å². The lowest BCUT2D eigenvalue weighted by atomic mass is 10.0. The SMILES string of the molecule is Cc1ccc2nc(N)c(C(=O)N[C@@H](C)c3cc4cccc(C#Cc5ccncc5)c4c(=O)n3-c3ccccc3)n2n1. The van der Waals surface area contributed by atoms with Crippen molar-refractivity contribution in [3.8, 4) is 17.5 Å². The maximum atomic E-state index is 14.2. The number of carbonyl (C=O) groups excluding carboxylic acids is 1. The van der Waals surface area contributed by atoms with Gasteiger partial charge in [0.15, 0.2) is 17.2 Å². The van der Waals surface area contributed by atoms with E-state index in [1.54, 1.807) is 29.1 Å². The maximum absolute atomic E-state index is 14.2. The predicted octanol–water partition coefficient (Wildman–Crippen LogP) is 4.21. The van der Waals surface area contributed by atoms with Crippen LogP contribution in [0.2, 0.25) is 0 Å². The molecule has 6 aromatic rings. The Kier molecular flexibility index (Phi) is 6.49. The Bertz CT molecular complexity index is 2050. The van der Waals surface area contributed by atoms with E-state index in [2.05, 4.69) is 32.2 Å². The first-order valence-electron chi connectivity index (χ1n) is 13.0. The number of imidazole rings is 1. The van der Waals surface area contributed by atoms with Gasteiger partial charge in [0.25, 0.3) is 11.5 Å². The van der Waals surface area contributed by atoms with Crippen molar-refractivity contribution in [2.75, 3.05) is 5.73 Å². The zero-order chi connectivity index (χ0) is 28.5. The number of amides is 1. The average Bonchev–Trinajstić information content (AvgIpc) is 3.31. The molecule has 0 aliphatic carbocycles. The molecule has 1 atom stereocenters. The highest BCUT2D eigenvalue weighted by atomic mass is 16.2. The van der Waals surface area contributed by atoms with Crippen LogP contribution < -0.4 is 16.6 Å². The van der Waals surface area contributed by atoms with Gasteiger partial charge in [-0.2, -0.15) is 5.10 Å². The number of aromatic nitrogens is 5. The summed E-state index contributed by atoms with van der Waals surface area (Å²) in [5, 5.41) is 8.62. The lowest BCUT2D eigenvalue weighted by molar-refractivity contribution is 0.0932. The number of fused-ring (bicyclic) bond motifs is 2. The molecule has 9 heteroatoms. The minimum Gasteiger partial charge on any atom is -0.382 e. The van der Waals surface area contributed by atoms with Gasteiger partial charge in [0.1, 0.15) is 0 Å². The molecular weight excluding hydrogens is 514 g/mol. The standard InChI is InChI=1S/C32H25N7O2/c1-20-11-14-27-36-30(33)29(39(27)37-20)31(40)35-21(2)26-19-24-8-6-7-23(13-12-22-15-17-34-18-16-22)28(24)32(41)38(26)25-9-4-3-5-10-25/h3-11,14-19,21H,33H2,1-2H3,(H,35,40)/t21-/m0/s1.